The van der Waals surface area contributed by atoms with Crippen LogP contribution in [0.1, 0.15) is 6.42 Å². The van der Waals surface area contributed by atoms with Crippen LogP contribution in [0.15, 0.2) is 0 Å². The molecule has 2 nitrogen and oxygen atoms in total. The van der Waals surface area contributed by atoms with Crippen molar-refractivity contribution in [2.45, 2.75) is 6.42 Å². The Labute approximate surface area is 62.4 Å². The van der Waals surface area contributed by atoms with E-state index in [1.807, 2.05) is 0 Å². The first-order valence-electron chi connectivity index (χ1n) is 2.31. The van der Waals surface area contributed by atoms with E-state index in [4.69, 9.17) is 21.3 Å². The molecule has 0 aromatic heterocycles. The molecule has 5 heteroatoms. The Morgan fingerprint density at radius 2 is 1.88 bits per heavy atom. The van der Waals surface area contributed by atoms with Gasteiger partial charge in [0.25, 0.3) is 0 Å². The third-order valence-electron chi connectivity index (χ3n) is 0.787. The van der Waals surface area contributed by atoms with Crippen LogP contribution in [0, 0.1) is 0 Å². The van der Waals surface area contributed by atoms with Gasteiger partial charge in [0.1, 0.15) is 0 Å². The van der Waals surface area contributed by atoms with Crippen molar-refractivity contribution in [3.8, 4) is 0 Å². The zero-order chi connectivity index (χ0) is 6.04. The molecular weight excluding hydrogens is 210 g/mol. The fraction of sp³-hybridized carbons (Fsp3) is 1.00. The van der Waals surface area contributed by atoms with Crippen LogP contribution in [0.4, 0.5) is 0 Å². The van der Waals surface area contributed by atoms with E-state index >= 15 is 0 Å². The summed E-state index contributed by atoms with van der Waals surface area (Å²) < 4.78 is 10.2. The SMILES string of the molecule is [S-][P+]1([Se-])OCCCO1. The van der Waals surface area contributed by atoms with Crippen molar-refractivity contribution in [3.63, 3.8) is 0 Å². The van der Waals surface area contributed by atoms with Crippen LogP contribution in [-0.2, 0) is 21.3 Å². The second kappa shape index (κ2) is 2.87. The molecule has 48 valence electrons. The molecule has 0 aromatic rings. The molecule has 1 aliphatic heterocycles. The summed E-state index contributed by atoms with van der Waals surface area (Å²) >= 11 is 7.64. The van der Waals surface area contributed by atoms with E-state index in [-0.39, 0.29) is 0 Å². The van der Waals surface area contributed by atoms with Gasteiger partial charge in [0, 0.05) is 0 Å². The Morgan fingerprint density at radius 3 is 2.12 bits per heavy atom. The molecule has 0 unspecified atom stereocenters. The molecule has 8 heavy (non-hydrogen) atoms. The minimum atomic E-state index is -1.88. The van der Waals surface area contributed by atoms with Gasteiger partial charge >= 0.3 is 62.1 Å². The summed E-state index contributed by atoms with van der Waals surface area (Å²) in [5.74, 6) is 0. The average Bonchev–Trinajstić information content (AvgIpc) is 1.65. The van der Waals surface area contributed by atoms with E-state index in [9.17, 15) is 0 Å². The summed E-state index contributed by atoms with van der Waals surface area (Å²) in [7, 11) is 0. The van der Waals surface area contributed by atoms with Crippen molar-refractivity contribution in [3.05, 3.63) is 0 Å². The van der Waals surface area contributed by atoms with Crippen molar-refractivity contribution in [2.24, 2.45) is 0 Å². The van der Waals surface area contributed by atoms with Crippen LogP contribution in [-0.4, -0.2) is 28.8 Å². The van der Waals surface area contributed by atoms with E-state index in [1.165, 1.54) is 0 Å². The van der Waals surface area contributed by atoms with Gasteiger partial charge in [-0.05, 0) is 0 Å². The summed E-state index contributed by atoms with van der Waals surface area (Å²) in [6, 6.07) is 0. The summed E-state index contributed by atoms with van der Waals surface area (Å²) in [6.45, 7) is 1.51. The van der Waals surface area contributed by atoms with Gasteiger partial charge in [-0.1, -0.05) is 0 Å². The van der Waals surface area contributed by atoms with Gasteiger partial charge in [-0.3, -0.25) is 0 Å². The number of hydrogen-bond donors (Lipinski definition) is 0. The van der Waals surface area contributed by atoms with Crippen molar-refractivity contribution in [2.75, 3.05) is 13.2 Å². The van der Waals surface area contributed by atoms with Gasteiger partial charge in [-0.2, -0.15) is 0 Å². The molecule has 0 aromatic carbocycles. The average molecular weight is 216 g/mol. The van der Waals surface area contributed by atoms with Crippen molar-refractivity contribution >= 4 is 33.4 Å². The molecule has 0 radical (unpaired) electrons. The standard InChI is InChI=1S/C3H7O2PSSe/c7-6(8)4-2-1-3-5-6/h1-3H2,(H,7,8)/p-1. The third-order valence-corrected chi connectivity index (χ3v) is 3.74. The zero-order valence-electron chi connectivity index (χ0n) is 4.20. The maximum atomic E-state index is 5.11. The first-order chi connectivity index (χ1) is 3.71. The van der Waals surface area contributed by atoms with Crippen LogP contribution in [0.25, 0.3) is 0 Å². The molecule has 0 N–H and O–H groups in total. The first-order valence-corrected chi connectivity index (χ1v) is 7.16. The van der Waals surface area contributed by atoms with E-state index in [0.29, 0.717) is 0 Å². The van der Waals surface area contributed by atoms with Crippen LogP contribution in [0.5, 0.6) is 0 Å². The number of rotatable bonds is 0. The third kappa shape index (κ3) is 2.22. The molecule has 1 fully saturated rings. The van der Waals surface area contributed by atoms with Crippen LogP contribution in [0.2, 0.25) is 0 Å². The molecule has 0 atom stereocenters. The Hall–Kier alpha value is 1.22. The quantitative estimate of drug-likeness (QED) is 0.339. The summed E-state index contributed by atoms with van der Waals surface area (Å²) in [6.07, 6.45) is 0.972. The van der Waals surface area contributed by atoms with Crippen LogP contribution in [0.3, 0.4) is 0 Å². The van der Waals surface area contributed by atoms with Gasteiger partial charge < -0.3 is 0 Å². The van der Waals surface area contributed by atoms with E-state index in [1.54, 1.807) is 0 Å². The summed E-state index contributed by atoms with van der Waals surface area (Å²) in [5.41, 5.74) is -1.88. The Morgan fingerprint density at radius 1 is 1.38 bits per heavy atom. The first kappa shape index (κ1) is 7.33. The Balaban J connectivity index is 2.33. The molecule has 1 rings (SSSR count). The summed E-state index contributed by atoms with van der Waals surface area (Å²) in [5, 5.41) is 0. The molecular formula is C3H6O2PSSe-. The molecule has 0 saturated carbocycles. The second-order valence-corrected chi connectivity index (χ2v) is 8.91. The molecule has 1 aliphatic rings. The zero-order valence-corrected chi connectivity index (χ0v) is 7.63. The molecule has 0 aliphatic carbocycles. The Bertz CT molecular complexity index is 81.4. The monoisotopic (exact) mass is 217 g/mol. The normalized spacial score (nSPS) is 27.8. The van der Waals surface area contributed by atoms with Crippen molar-refractivity contribution < 1.29 is 9.05 Å². The molecule has 0 bridgehead atoms. The van der Waals surface area contributed by atoms with Crippen molar-refractivity contribution in [1.82, 2.24) is 0 Å². The van der Waals surface area contributed by atoms with Gasteiger partial charge in [0.05, 0.1) is 0 Å². The molecule has 1 saturated heterocycles. The maximum absolute atomic E-state index is 5.11. The Kier molecular flexibility index (Phi) is 2.63. The molecule has 0 spiro atoms. The molecule has 0 amide bonds. The fourth-order valence-corrected chi connectivity index (χ4v) is 2.61. The van der Waals surface area contributed by atoms with E-state index in [0.717, 1.165) is 19.6 Å². The van der Waals surface area contributed by atoms with Gasteiger partial charge in [-0.15, -0.1) is 0 Å². The van der Waals surface area contributed by atoms with Gasteiger partial charge in [0.15, 0.2) is 0 Å². The predicted molar refractivity (Wildman–Crippen MR) is 36.6 cm³/mol. The van der Waals surface area contributed by atoms with Gasteiger partial charge in [-0.25, -0.2) is 0 Å². The van der Waals surface area contributed by atoms with Gasteiger partial charge in [0.2, 0.25) is 0 Å². The van der Waals surface area contributed by atoms with Crippen LogP contribution < -0.4 is 0 Å². The fourth-order valence-electron chi connectivity index (χ4n) is 0.449. The minimum absolute atomic E-state index is 0.754. The van der Waals surface area contributed by atoms with E-state index in [2.05, 4.69) is 15.6 Å². The second-order valence-electron chi connectivity index (χ2n) is 1.47. The summed E-state index contributed by atoms with van der Waals surface area (Å²) in [4.78, 5) is 0. The van der Waals surface area contributed by atoms with E-state index < -0.39 is 5.61 Å². The van der Waals surface area contributed by atoms with Crippen LogP contribution >= 0.6 is 5.61 Å². The topological polar surface area (TPSA) is 18.5 Å². The van der Waals surface area contributed by atoms with Crippen molar-refractivity contribution in [1.29, 1.82) is 0 Å². The predicted octanol–water partition coefficient (Wildman–Crippen LogP) is 0.816. The number of hydrogen-bond acceptors (Lipinski definition) is 3. The molecule has 1 heterocycles.